The second-order valence-electron chi connectivity index (χ2n) is 6.48. The lowest BCUT2D eigenvalue weighted by molar-refractivity contribution is 1.37. The molecular weight excluding hydrogens is 302 g/mol. The second-order valence-corrected chi connectivity index (χ2v) is 11.9. The summed E-state index contributed by atoms with van der Waals surface area (Å²) in [4.78, 5) is 4.79. The van der Waals surface area contributed by atoms with E-state index in [1.54, 1.807) is 5.19 Å². The molecule has 2 aromatic heterocycles. The van der Waals surface area contributed by atoms with Crippen molar-refractivity contribution in [2.45, 2.75) is 13.1 Å². The van der Waals surface area contributed by atoms with Crippen molar-refractivity contribution in [2.75, 3.05) is 0 Å². The van der Waals surface area contributed by atoms with Crippen molar-refractivity contribution < 1.29 is 0 Å². The van der Waals surface area contributed by atoms with Crippen molar-refractivity contribution in [1.29, 1.82) is 0 Å². The molecule has 0 N–H and O–H groups in total. The van der Waals surface area contributed by atoms with E-state index < -0.39 is 8.07 Å². The molecule has 0 atom stereocenters. The van der Waals surface area contributed by atoms with Crippen molar-refractivity contribution in [3.8, 4) is 11.3 Å². The zero-order chi connectivity index (χ0) is 14.9. The lowest BCUT2D eigenvalue weighted by Crippen LogP contribution is -2.53. The Bertz CT molecular complexity index is 1060. The SMILES string of the molecule is C[Si]1(C)c2ccccc2-c2nccc3sc4cccc1c4c23. The Balaban J connectivity index is 2.15. The molecule has 1 aliphatic rings. The molecule has 2 aromatic carbocycles. The third kappa shape index (κ3) is 1.40. The molecular formula is C19H15NSSi. The number of hydrogen-bond donors (Lipinski definition) is 0. The fourth-order valence-corrected chi connectivity index (χ4v) is 8.16. The van der Waals surface area contributed by atoms with Crippen LogP contribution < -0.4 is 10.4 Å². The first-order valence-electron chi connectivity index (χ1n) is 7.58. The molecule has 0 fully saturated rings. The minimum Gasteiger partial charge on any atom is -0.256 e. The summed E-state index contributed by atoms with van der Waals surface area (Å²) in [6, 6.07) is 17.9. The summed E-state index contributed by atoms with van der Waals surface area (Å²) in [5.41, 5.74) is 2.51. The van der Waals surface area contributed by atoms with E-state index in [9.17, 15) is 0 Å². The van der Waals surface area contributed by atoms with Crippen LogP contribution in [0.25, 0.3) is 31.4 Å². The minimum atomic E-state index is -1.73. The average Bonchev–Trinajstić information content (AvgIpc) is 2.89. The van der Waals surface area contributed by atoms with Gasteiger partial charge in [0.25, 0.3) is 0 Å². The van der Waals surface area contributed by atoms with Gasteiger partial charge in [0.2, 0.25) is 0 Å². The number of benzene rings is 2. The molecule has 1 aliphatic heterocycles. The number of fused-ring (bicyclic) bond motifs is 2. The van der Waals surface area contributed by atoms with E-state index in [1.165, 1.54) is 36.6 Å². The Morgan fingerprint density at radius 1 is 0.818 bits per heavy atom. The van der Waals surface area contributed by atoms with Gasteiger partial charge in [-0.15, -0.1) is 11.3 Å². The summed E-state index contributed by atoms with van der Waals surface area (Å²) in [5, 5.41) is 5.88. The van der Waals surface area contributed by atoms with Gasteiger partial charge in [-0.3, -0.25) is 4.98 Å². The van der Waals surface area contributed by atoms with E-state index in [0.29, 0.717) is 0 Å². The third-order valence-electron chi connectivity index (χ3n) is 4.94. The monoisotopic (exact) mass is 317 g/mol. The number of hydrogen-bond acceptors (Lipinski definition) is 2. The molecule has 5 rings (SSSR count). The molecule has 0 spiro atoms. The predicted octanol–water partition coefficient (Wildman–Crippen LogP) is 4.25. The molecule has 0 saturated carbocycles. The first-order valence-corrected chi connectivity index (χ1v) is 11.4. The van der Waals surface area contributed by atoms with Gasteiger partial charge in [-0.05, 0) is 22.5 Å². The molecule has 0 radical (unpaired) electrons. The summed E-state index contributed by atoms with van der Waals surface area (Å²) in [7, 11) is -1.73. The maximum absolute atomic E-state index is 4.79. The summed E-state index contributed by atoms with van der Waals surface area (Å²) in [5.74, 6) is 0. The van der Waals surface area contributed by atoms with Crippen molar-refractivity contribution >= 4 is 50.0 Å². The van der Waals surface area contributed by atoms with Gasteiger partial charge in [-0.1, -0.05) is 49.5 Å². The molecule has 0 bridgehead atoms. The number of aromatic nitrogens is 1. The Morgan fingerprint density at radius 3 is 2.50 bits per heavy atom. The Kier molecular flexibility index (Phi) is 2.32. The van der Waals surface area contributed by atoms with E-state index in [1.807, 2.05) is 17.5 Å². The highest BCUT2D eigenvalue weighted by atomic mass is 32.1. The summed E-state index contributed by atoms with van der Waals surface area (Å²) >= 11 is 1.90. The van der Waals surface area contributed by atoms with Gasteiger partial charge in [0.05, 0.1) is 5.69 Å². The Morgan fingerprint density at radius 2 is 1.59 bits per heavy atom. The fourth-order valence-electron chi connectivity index (χ4n) is 3.87. The molecule has 3 heterocycles. The molecule has 4 aromatic rings. The Hall–Kier alpha value is -1.97. The molecule has 0 aliphatic carbocycles. The van der Waals surface area contributed by atoms with Gasteiger partial charge in [-0.2, -0.15) is 0 Å². The van der Waals surface area contributed by atoms with Crippen LogP contribution in [-0.2, 0) is 0 Å². The summed E-state index contributed by atoms with van der Waals surface area (Å²) in [6.45, 7) is 4.94. The van der Waals surface area contributed by atoms with Gasteiger partial charge in [0.1, 0.15) is 8.07 Å². The minimum absolute atomic E-state index is 1.17. The zero-order valence-electron chi connectivity index (χ0n) is 12.6. The van der Waals surface area contributed by atoms with Gasteiger partial charge >= 0.3 is 0 Å². The molecule has 0 amide bonds. The average molecular weight is 317 g/mol. The third-order valence-corrected chi connectivity index (χ3v) is 9.60. The van der Waals surface area contributed by atoms with E-state index in [-0.39, 0.29) is 0 Å². The molecule has 1 nitrogen and oxygen atoms in total. The van der Waals surface area contributed by atoms with E-state index >= 15 is 0 Å². The molecule has 106 valence electrons. The van der Waals surface area contributed by atoms with Crippen LogP contribution in [0.3, 0.4) is 0 Å². The van der Waals surface area contributed by atoms with Crippen LogP contribution in [0, 0.1) is 0 Å². The smallest absolute Gasteiger partial charge is 0.113 e. The van der Waals surface area contributed by atoms with Crippen LogP contribution in [0.2, 0.25) is 13.1 Å². The molecule has 0 unspecified atom stereocenters. The van der Waals surface area contributed by atoms with Crippen molar-refractivity contribution in [2.24, 2.45) is 0 Å². The van der Waals surface area contributed by atoms with Crippen LogP contribution in [0.4, 0.5) is 0 Å². The number of thiophene rings is 1. The highest BCUT2D eigenvalue weighted by molar-refractivity contribution is 7.26. The van der Waals surface area contributed by atoms with Crippen LogP contribution in [-0.4, -0.2) is 13.1 Å². The highest BCUT2D eigenvalue weighted by Crippen LogP contribution is 2.40. The molecule has 22 heavy (non-hydrogen) atoms. The van der Waals surface area contributed by atoms with Gasteiger partial charge in [0, 0.05) is 31.9 Å². The van der Waals surface area contributed by atoms with Gasteiger partial charge < -0.3 is 0 Å². The largest absolute Gasteiger partial charge is 0.256 e. The zero-order valence-corrected chi connectivity index (χ0v) is 14.4. The Labute approximate surface area is 134 Å². The van der Waals surface area contributed by atoms with Gasteiger partial charge in [-0.25, -0.2) is 0 Å². The number of pyridine rings is 1. The first-order chi connectivity index (χ1) is 10.7. The highest BCUT2D eigenvalue weighted by Gasteiger charge is 2.34. The normalized spacial score (nSPS) is 15.2. The van der Waals surface area contributed by atoms with E-state index in [0.717, 1.165) is 0 Å². The van der Waals surface area contributed by atoms with Crippen LogP contribution in [0.15, 0.2) is 54.7 Å². The summed E-state index contributed by atoms with van der Waals surface area (Å²) in [6.07, 6.45) is 1.96. The van der Waals surface area contributed by atoms with Crippen LogP contribution >= 0.6 is 11.3 Å². The first kappa shape index (κ1) is 12.6. The van der Waals surface area contributed by atoms with Crippen LogP contribution in [0.5, 0.6) is 0 Å². The van der Waals surface area contributed by atoms with Gasteiger partial charge in [0.15, 0.2) is 0 Å². The van der Waals surface area contributed by atoms with Crippen LogP contribution in [0.1, 0.15) is 0 Å². The standard InChI is InChI=1S/C19H15NSSi/c1-22(2)15-8-4-3-6-12(15)19-18-14(10-11-20-19)21-13-7-5-9-16(22)17(13)18/h3-11H,1-2H3. The number of nitrogens with zero attached hydrogens (tertiary/aromatic N) is 1. The lowest BCUT2D eigenvalue weighted by Gasteiger charge is -2.25. The fraction of sp³-hybridized carbons (Fsp3) is 0.105. The topological polar surface area (TPSA) is 12.9 Å². The predicted molar refractivity (Wildman–Crippen MR) is 99.3 cm³/mol. The number of rotatable bonds is 0. The van der Waals surface area contributed by atoms with Crippen molar-refractivity contribution in [3.05, 3.63) is 54.7 Å². The second kappa shape index (κ2) is 4.06. The molecule has 0 saturated heterocycles. The quantitative estimate of drug-likeness (QED) is 0.442. The van der Waals surface area contributed by atoms with Crippen molar-refractivity contribution in [3.63, 3.8) is 0 Å². The molecule has 3 heteroatoms. The summed E-state index contributed by atoms with van der Waals surface area (Å²) < 4.78 is 2.75. The lowest BCUT2D eigenvalue weighted by atomic mass is 10.1. The van der Waals surface area contributed by atoms with E-state index in [4.69, 9.17) is 4.98 Å². The maximum atomic E-state index is 4.79. The van der Waals surface area contributed by atoms with E-state index in [2.05, 4.69) is 61.6 Å². The maximum Gasteiger partial charge on any atom is 0.113 e. The van der Waals surface area contributed by atoms with Crippen molar-refractivity contribution in [1.82, 2.24) is 4.98 Å².